The first-order chi connectivity index (χ1) is 13.6. The fourth-order valence-electron chi connectivity index (χ4n) is 3.90. The summed E-state index contributed by atoms with van der Waals surface area (Å²) >= 11 is 0. The van der Waals surface area contributed by atoms with Gasteiger partial charge in [-0.25, -0.2) is 0 Å². The lowest BCUT2D eigenvalue weighted by Crippen LogP contribution is -2.19. The maximum Gasteiger partial charge on any atom is 0.256 e. The number of carbonyl (C=O) groups is 1. The number of nitrogens with one attached hydrogen (secondary N) is 1. The van der Waals surface area contributed by atoms with Gasteiger partial charge in [-0.05, 0) is 62.4 Å². The van der Waals surface area contributed by atoms with Crippen LogP contribution < -0.4 is 14.8 Å². The van der Waals surface area contributed by atoms with Crippen LogP contribution in [-0.4, -0.2) is 25.1 Å². The number of anilines is 1. The van der Waals surface area contributed by atoms with Gasteiger partial charge in [0.1, 0.15) is 0 Å². The molecule has 1 aromatic heterocycles. The Labute approximate surface area is 164 Å². The average molecular weight is 376 g/mol. The number of carbonyl (C=O) groups excluding carboxylic acids is 1. The molecule has 1 N–H and O–H groups in total. The van der Waals surface area contributed by atoms with Gasteiger partial charge in [0, 0.05) is 22.8 Å². The highest BCUT2D eigenvalue weighted by atomic mass is 16.5. The molecule has 0 spiro atoms. The van der Waals surface area contributed by atoms with Gasteiger partial charge in [-0.15, -0.1) is 0 Å². The van der Waals surface area contributed by atoms with E-state index in [1.807, 2.05) is 25.1 Å². The highest BCUT2D eigenvalue weighted by Gasteiger charge is 2.23. The summed E-state index contributed by atoms with van der Waals surface area (Å²) < 4.78 is 10.6. The van der Waals surface area contributed by atoms with E-state index in [2.05, 4.69) is 11.4 Å². The summed E-state index contributed by atoms with van der Waals surface area (Å²) in [6.45, 7) is 2.04. The molecule has 0 saturated carbocycles. The number of hydrogen-bond donors (Lipinski definition) is 1. The Hall–Kier alpha value is -3.08. The van der Waals surface area contributed by atoms with Crippen molar-refractivity contribution in [1.29, 1.82) is 0 Å². The predicted octanol–water partition coefficient (Wildman–Crippen LogP) is 4.69. The van der Waals surface area contributed by atoms with Gasteiger partial charge in [-0.3, -0.25) is 9.78 Å². The first-order valence-electron chi connectivity index (χ1n) is 9.56. The minimum absolute atomic E-state index is 0.108. The van der Waals surface area contributed by atoms with Crippen molar-refractivity contribution < 1.29 is 14.3 Å². The monoisotopic (exact) mass is 376 g/mol. The van der Waals surface area contributed by atoms with Gasteiger partial charge in [0.05, 0.1) is 25.3 Å². The molecule has 1 heterocycles. The molecule has 4 rings (SSSR count). The van der Waals surface area contributed by atoms with Crippen LogP contribution in [0.15, 0.2) is 36.4 Å². The predicted molar refractivity (Wildman–Crippen MR) is 111 cm³/mol. The summed E-state index contributed by atoms with van der Waals surface area (Å²) in [5.41, 5.74) is 5.55. The maximum absolute atomic E-state index is 13.4. The van der Waals surface area contributed by atoms with E-state index in [1.54, 1.807) is 26.4 Å². The number of aromatic nitrogens is 1. The van der Waals surface area contributed by atoms with E-state index in [4.69, 9.17) is 14.5 Å². The molecule has 0 saturated heterocycles. The number of fused-ring (bicyclic) bond motifs is 2. The topological polar surface area (TPSA) is 60.5 Å². The van der Waals surface area contributed by atoms with Crippen LogP contribution in [0.25, 0.3) is 10.9 Å². The zero-order valence-corrected chi connectivity index (χ0v) is 16.5. The number of aryl methyl sites for hydroxylation is 2. The smallest absolute Gasteiger partial charge is 0.256 e. The van der Waals surface area contributed by atoms with Gasteiger partial charge in [0.15, 0.2) is 11.5 Å². The third kappa shape index (κ3) is 3.28. The molecular formula is C23H24N2O3. The molecule has 1 aliphatic carbocycles. The molecule has 0 radical (unpaired) electrons. The van der Waals surface area contributed by atoms with Gasteiger partial charge in [-0.2, -0.15) is 0 Å². The Morgan fingerprint density at radius 1 is 1.00 bits per heavy atom. The summed E-state index contributed by atoms with van der Waals surface area (Å²) in [4.78, 5) is 18.2. The summed E-state index contributed by atoms with van der Waals surface area (Å²) in [6.07, 6.45) is 4.02. The van der Waals surface area contributed by atoms with Gasteiger partial charge in [0.25, 0.3) is 5.91 Å². The van der Waals surface area contributed by atoms with E-state index in [1.165, 1.54) is 0 Å². The second-order valence-corrected chi connectivity index (χ2v) is 7.16. The number of amides is 1. The number of rotatable bonds is 4. The molecule has 2 aromatic carbocycles. The first kappa shape index (κ1) is 18.3. The van der Waals surface area contributed by atoms with Gasteiger partial charge >= 0.3 is 0 Å². The van der Waals surface area contributed by atoms with Crippen LogP contribution in [0.1, 0.15) is 40.0 Å². The summed E-state index contributed by atoms with van der Waals surface area (Å²) in [6, 6.07) is 11.5. The fraction of sp³-hybridized carbons (Fsp3) is 0.304. The maximum atomic E-state index is 13.4. The molecule has 1 amide bonds. The lowest BCUT2D eigenvalue weighted by atomic mass is 9.89. The highest BCUT2D eigenvalue weighted by Crippen LogP contribution is 2.32. The number of hydrogen-bond acceptors (Lipinski definition) is 4. The molecular weight excluding hydrogens is 352 g/mol. The second kappa shape index (κ2) is 7.50. The van der Waals surface area contributed by atoms with E-state index in [0.717, 1.165) is 59.0 Å². The Bertz CT molecular complexity index is 1060. The first-order valence-corrected chi connectivity index (χ1v) is 9.56. The minimum atomic E-state index is -0.108. The summed E-state index contributed by atoms with van der Waals surface area (Å²) in [5.74, 6) is 1.10. The normalized spacial score (nSPS) is 13.1. The lowest BCUT2D eigenvalue weighted by Gasteiger charge is -2.21. The molecule has 0 bridgehead atoms. The number of pyridine rings is 1. The summed E-state index contributed by atoms with van der Waals surface area (Å²) in [5, 5.41) is 3.96. The van der Waals surface area contributed by atoms with Crippen LogP contribution in [0.4, 0.5) is 5.69 Å². The molecule has 144 valence electrons. The third-order valence-electron chi connectivity index (χ3n) is 5.29. The Morgan fingerprint density at radius 2 is 1.79 bits per heavy atom. The van der Waals surface area contributed by atoms with E-state index < -0.39 is 0 Å². The lowest BCUT2D eigenvalue weighted by molar-refractivity contribution is 0.102. The van der Waals surface area contributed by atoms with E-state index in [0.29, 0.717) is 17.2 Å². The molecule has 28 heavy (non-hydrogen) atoms. The third-order valence-corrected chi connectivity index (χ3v) is 5.29. The van der Waals surface area contributed by atoms with Crippen molar-refractivity contribution in [2.75, 3.05) is 19.5 Å². The second-order valence-electron chi connectivity index (χ2n) is 7.16. The molecule has 0 atom stereocenters. The Kier molecular flexibility index (Phi) is 4.90. The van der Waals surface area contributed by atoms with Crippen molar-refractivity contribution in [3.63, 3.8) is 0 Å². The van der Waals surface area contributed by atoms with Crippen molar-refractivity contribution >= 4 is 22.5 Å². The molecule has 1 aliphatic rings. The van der Waals surface area contributed by atoms with Crippen LogP contribution in [-0.2, 0) is 12.8 Å². The fourth-order valence-corrected chi connectivity index (χ4v) is 3.90. The highest BCUT2D eigenvalue weighted by molar-refractivity contribution is 6.13. The SMILES string of the molecule is COc1ccc(NC(=O)c2c3c(nc4ccc(C)cc24)CCCC3)cc1OC. The molecule has 5 heteroatoms. The van der Waals surface area contributed by atoms with Crippen LogP contribution in [0.3, 0.4) is 0 Å². The standard InChI is InChI=1S/C23H24N2O3/c1-14-8-10-19-17(12-14)22(16-6-4-5-7-18(16)25-19)23(26)24-15-9-11-20(27-2)21(13-15)28-3/h8-13H,4-7H2,1-3H3,(H,24,26). The van der Waals surface area contributed by atoms with Gasteiger partial charge < -0.3 is 14.8 Å². The van der Waals surface area contributed by atoms with E-state index >= 15 is 0 Å². The summed E-state index contributed by atoms with van der Waals surface area (Å²) in [7, 11) is 3.17. The molecule has 0 aliphatic heterocycles. The molecule has 0 unspecified atom stereocenters. The number of nitrogens with zero attached hydrogens (tertiary/aromatic N) is 1. The van der Waals surface area contributed by atoms with Crippen molar-refractivity contribution in [1.82, 2.24) is 4.98 Å². The Morgan fingerprint density at radius 3 is 2.57 bits per heavy atom. The zero-order valence-electron chi connectivity index (χ0n) is 16.5. The van der Waals surface area contributed by atoms with Crippen molar-refractivity contribution in [2.24, 2.45) is 0 Å². The molecule has 0 fully saturated rings. The zero-order chi connectivity index (χ0) is 19.7. The molecule has 3 aromatic rings. The number of methoxy groups -OCH3 is 2. The number of ether oxygens (including phenoxy) is 2. The van der Waals surface area contributed by atoms with E-state index in [9.17, 15) is 4.79 Å². The van der Waals surface area contributed by atoms with Crippen molar-refractivity contribution in [3.05, 3.63) is 58.8 Å². The molecule has 5 nitrogen and oxygen atoms in total. The van der Waals surface area contributed by atoms with Gasteiger partial charge in [0.2, 0.25) is 0 Å². The van der Waals surface area contributed by atoms with Crippen LogP contribution in [0.2, 0.25) is 0 Å². The minimum Gasteiger partial charge on any atom is -0.493 e. The van der Waals surface area contributed by atoms with Crippen molar-refractivity contribution in [2.45, 2.75) is 32.6 Å². The van der Waals surface area contributed by atoms with Crippen LogP contribution in [0, 0.1) is 6.92 Å². The Balaban J connectivity index is 1.79. The van der Waals surface area contributed by atoms with Crippen LogP contribution in [0.5, 0.6) is 11.5 Å². The largest absolute Gasteiger partial charge is 0.493 e. The van der Waals surface area contributed by atoms with Crippen molar-refractivity contribution in [3.8, 4) is 11.5 Å². The number of benzene rings is 2. The van der Waals surface area contributed by atoms with Crippen LogP contribution >= 0.6 is 0 Å². The quantitative estimate of drug-likeness (QED) is 0.717. The van der Waals surface area contributed by atoms with E-state index in [-0.39, 0.29) is 5.91 Å². The average Bonchev–Trinajstić information content (AvgIpc) is 2.71. The van der Waals surface area contributed by atoms with Gasteiger partial charge in [-0.1, -0.05) is 11.6 Å².